The van der Waals surface area contributed by atoms with Gasteiger partial charge in [0.05, 0.1) is 13.0 Å². The first-order valence-electron chi connectivity index (χ1n) is 6.38. The molecule has 94 valence electrons. The molecule has 16 heavy (non-hydrogen) atoms. The Morgan fingerprint density at radius 2 is 2.06 bits per heavy atom. The van der Waals surface area contributed by atoms with Crippen molar-refractivity contribution in [2.24, 2.45) is 11.8 Å². The van der Waals surface area contributed by atoms with E-state index < -0.39 is 0 Å². The molecule has 0 aliphatic heterocycles. The summed E-state index contributed by atoms with van der Waals surface area (Å²) in [6.07, 6.45) is 4.36. The minimum Gasteiger partial charge on any atom is -0.469 e. The molecule has 0 aromatic rings. The van der Waals surface area contributed by atoms with Gasteiger partial charge in [0.2, 0.25) is 0 Å². The van der Waals surface area contributed by atoms with E-state index in [9.17, 15) is 4.79 Å². The smallest absolute Gasteiger partial charge is 0.310 e. The predicted molar refractivity (Wildman–Crippen MR) is 65.2 cm³/mol. The summed E-state index contributed by atoms with van der Waals surface area (Å²) in [7, 11) is 1.48. The molecule has 1 aliphatic rings. The third-order valence-electron chi connectivity index (χ3n) is 3.34. The summed E-state index contributed by atoms with van der Waals surface area (Å²) in [5.74, 6) is 0.715. The molecule has 0 aromatic heterocycles. The number of nitrogens with one attached hydrogen (secondary N) is 1. The fourth-order valence-electron chi connectivity index (χ4n) is 2.73. The molecule has 3 heteroatoms. The van der Waals surface area contributed by atoms with E-state index >= 15 is 0 Å². The predicted octanol–water partition coefficient (Wildman–Crippen LogP) is 2.35. The van der Waals surface area contributed by atoms with E-state index in [-0.39, 0.29) is 11.9 Å². The lowest BCUT2D eigenvalue weighted by molar-refractivity contribution is -0.145. The number of methoxy groups -OCH3 is 1. The lowest BCUT2D eigenvalue weighted by atomic mass is 10.00. The van der Waals surface area contributed by atoms with Crippen LogP contribution in [0.4, 0.5) is 0 Å². The summed E-state index contributed by atoms with van der Waals surface area (Å²) < 4.78 is 4.85. The molecule has 0 spiro atoms. The Morgan fingerprint density at radius 3 is 2.62 bits per heavy atom. The van der Waals surface area contributed by atoms with Crippen molar-refractivity contribution in [2.45, 2.75) is 58.5 Å². The normalized spacial score (nSPS) is 27.1. The van der Waals surface area contributed by atoms with Gasteiger partial charge in [0, 0.05) is 12.1 Å². The van der Waals surface area contributed by atoms with E-state index in [1.165, 1.54) is 7.11 Å². The maximum Gasteiger partial charge on any atom is 0.310 e. The Balaban J connectivity index is 2.43. The summed E-state index contributed by atoms with van der Waals surface area (Å²) in [5.41, 5.74) is 0. The van der Waals surface area contributed by atoms with Gasteiger partial charge in [-0.2, -0.15) is 0 Å². The molecule has 1 aliphatic carbocycles. The highest BCUT2D eigenvalue weighted by Gasteiger charge is 2.34. The molecule has 1 rings (SSSR count). The van der Waals surface area contributed by atoms with Gasteiger partial charge in [0.25, 0.3) is 0 Å². The molecule has 0 heterocycles. The van der Waals surface area contributed by atoms with Crippen molar-refractivity contribution in [1.29, 1.82) is 0 Å². The van der Waals surface area contributed by atoms with Gasteiger partial charge in [-0.15, -0.1) is 0 Å². The van der Waals surface area contributed by atoms with Gasteiger partial charge in [0.15, 0.2) is 0 Å². The number of rotatable bonds is 5. The minimum atomic E-state index is -0.0493. The second-order valence-electron chi connectivity index (χ2n) is 5.36. The van der Waals surface area contributed by atoms with Crippen LogP contribution in [0.15, 0.2) is 0 Å². The zero-order valence-corrected chi connectivity index (χ0v) is 11.0. The highest BCUT2D eigenvalue weighted by molar-refractivity contribution is 5.73. The Labute approximate surface area is 98.9 Å². The van der Waals surface area contributed by atoms with Crippen LogP contribution >= 0.6 is 0 Å². The average Bonchev–Trinajstić information content (AvgIpc) is 2.63. The Kier molecular flexibility index (Phi) is 5.26. The maximum absolute atomic E-state index is 11.6. The molecule has 2 unspecified atom stereocenters. The van der Waals surface area contributed by atoms with Crippen LogP contribution in [0.1, 0.15) is 46.5 Å². The second-order valence-corrected chi connectivity index (χ2v) is 5.36. The maximum atomic E-state index is 11.6. The SMILES string of the molecule is COC(=O)C1CCCC1N[C@@H](C)CC(C)C. The summed E-state index contributed by atoms with van der Waals surface area (Å²) in [6.45, 7) is 6.65. The average molecular weight is 227 g/mol. The first-order chi connectivity index (χ1) is 7.54. The zero-order valence-electron chi connectivity index (χ0n) is 11.0. The van der Waals surface area contributed by atoms with E-state index in [2.05, 4.69) is 26.1 Å². The van der Waals surface area contributed by atoms with Gasteiger partial charge in [-0.3, -0.25) is 4.79 Å². The largest absolute Gasteiger partial charge is 0.469 e. The van der Waals surface area contributed by atoms with E-state index in [0.29, 0.717) is 18.0 Å². The van der Waals surface area contributed by atoms with Crippen molar-refractivity contribution in [3.05, 3.63) is 0 Å². The van der Waals surface area contributed by atoms with Crippen molar-refractivity contribution in [1.82, 2.24) is 5.32 Å². The molecule has 0 aromatic carbocycles. The second kappa shape index (κ2) is 6.24. The molecule has 1 N–H and O–H groups in total. The van der Waals surface area contributed by atoms with Gasteiger partial charge < -0.3 is 10.1 Å². The topological polar surface area (TPSA) is 38.3 Å². The lowest BCUT2D eigenvalue weighted by Crippen LogP contribution is -2.42. The molecular formula is C13H25NO2. The lowest BCUT2D eigenvalue weighted by Gasteiger charge is -2.24. The van der Waals surface area contributed by atoms with Crippen LogP contribution in [0.25, 0.3) is 0 Å². The van der Waals surface area contributed by atoms with Crippen LogP contribution in [-0.4, -0.2) is 25.2 Å². The molecule has 3 nitrogen and oxygen atoms in total. The molecule has 0 bridgehead atoms. The first kappa shape index (κ1) is 13.5. The quantitative estimate of drug-likeness (QED) is 0.733. The summed E-state index contributed by atoms with van der Waals surface area (Å²) >= 11 is 0. The summed E-state index contributed by atoms with van der Waals surface area (Å²) in [5, 5.41) is 3.57. The number of hydrogen-bond donors (Lipinski definition) is 1. The van der Waals surface area contributed by atoms with Gasteiger partial charge in [0.1, 0.15) is 0 Å². The Hall–Kier alpha value is -0.570. The molecule has 0 amide bonds. The van der Waals surface area contributed by atoms with Crippen LogP contribution < -0.4 is 5.32 Å². The highest BCUT2D eigenvalue weighted by Crippen LogP contribution is 2.27. The number of hydrogen-bond acceptors (Lipinski definition) is 3. The van der Waals surface area contributed by atoms with Crippen molar-refractivity contribution < 1.29 is 9.53 Å². The molecule has 0 saturated heterocycles. The van der Waals surface area contributed by atoms with Crippen molar-refractivity contribution in [3.8, 4) is 0 Å². The highest BCUT2D eigenvalue weighted by atomic mass is 16.5. The number of esters is 1. The van der Waals surface area contributed by atoms with Gasteiger partial charge in [-0.05, 0) is 32.1 Å². The minimum absolute atomic E-state index is 0.0493. The van der Waals surface area contributed by atoms with Crippen LogP contribution in [0.3, 0.4) is 0 Å². The fraction of sp³-hybridized carbons (Fsp3) is 0.923. The third kappa shape index (κ3) is 3.78. The molecular weight excluding hydrogens is 202 g/mol. The van der Waals surface area contributed by atoms with Crippen molar-refractivity contribution in [3.63, 3.8) is 0 Å². The molecule has 1 fully saturated rings. The molecule has 1 saturated carbocycles. The van der Waals surface area contributed by atoms with Crippen LogP contribution in [0.5, 0.6) is 0 Å². The molecule has 3 atom stereocenters. The standard InChI is InChI=1S/C13H25NO2/c1-9(2)8-10(3)14-12-7-5-6-11(12)13(15)16-4/h9-12,14H,5-8H2,1-4H3/t10-,11?,12?/m0/s1. The third-order valence-corrected chi connectivity index (χ3v) is 3.34. The van der Waals surface area contributed by atoms with E-state index in [4.69, 9.17) is 4.74 Å². The number of ether oxygens (including phenoxy) is 1. The Morgan fingerprint density at radius 1 is 1.38 bits per heavy atom. The van der Waals surface area contributed by atoms with Crippen LogP contribution in [0.2, 0.25) is 0 Å². The van der Waals surface area contributed by atoms with Gasteiger partial charge >= 0.3 is 5.97 Å². The van der Waals surface area contributed by atoms with Crippen molar-refractivity contribution in [2.75, 3.05) is 7.11 Å². The number of carbonyl (C=O) groups excluding carboxylic acids is 1. The summed E-state index contributed by atoms with van der Waals surface area (Å²) in [4.78, 5) is 11.6. The fourth-order valence-corrected chi connectivity index (χ4v) is 2.73. The van der Waals surface area contributed by atoms with Crippen molar-refractivity contribution >= 4 is 5.97 Å². The first-order valence-corrected chi connectivity index (χ1v) is 6.38. The monoisotopic (exact) mass is 227 g/mol. The van der Waals surface area contributed by atoms with Gasteiger partial charge in [-0.25, -0.2) is 0 Å². The Bertz CT molecular complexity index is 228. The van der Waals surface area contributed by atoms with E-state index in [0.717, 1.165) is 25.7 Å². The zero-order chi connectivity index (χ0) is 12.1. The van der Waals surface area contributed by atoms with Crippen LogP contribution in [-0.2, 0) is 9.53 Å². The number of carbonyl (C=O) groups is 1. The molecule has 0 radical (unpaired) electrons. The van der Waals surface area contributed by atoms with Crippen LogP contribution in [0, 0.1) is 11.8 Å². The van der Waals surface area contributed by atoms with E-state index in [1.54, 1.807) is 0 Å². The van der Waals surface area contributed by atoms with Gasteiger partial charge in [-0.1, -0.05) is 20.3 Å². The summed E-state index contributed by atoms with van der Waals surface area (Å²) in [6, 6.07) is 0.802. The van der Waals surface area contributed by atoms with E-state index in [1.807, 2.05) is 0 Å².